The van der Waals surface area contributed by atoms with Gasteiger partial charge in [0.1, 0.15) is 11.4 Å². The van der Waals surface area contributed by atoms with Gasteiger partial charge >= 0.3 is 6.09 Å². The quantitative estimate of drug-likeness (QED) is 0.799. The van der Waals surface area contributed by atoms with Crippen molar-refractivity contribution in [3.05, 3.63) is 36.7 Å². The molecule has 0 radical (unpaired) electrons. The minimum atomic E-state index is -0.547. The van der Waals surface area contributed by atoms with Gasteiger partial charge in [-0.25, -0.2) is 14.3 Å². The van der Waals surface area contributed by atoms with Crippen LogP contribution in [0.25, 0.3) is 11.4 Å². The standard InChI is InChI=1S/C14H17N3O2/c1-14(2,3)19-13(18)17-8-7-16-12(17)10-5-4-6-11(15)9-10/h4-9H,15H2,1-3H3. The van der Waals surface area contributed by atoms with Crippen molar-refractivity contribution in [2.75, 3.05) is 5.73 Å². The highest BCUT2D eigenvalue weighted by Gasteiger charge is 2.20. The number of nitrogens with two attached hydrogens (primary N) is 1. The molecule has 0 bridgehead atoms. The minimum absolute atomic E-state index is 0.456. The molecule has 100 valence electrons. The van der Waals surface area contributed by atoms with Crippen molar-refractivity contribution >= 4 is 11.8 Å². The van der Waals surface area contributed by atoms with Crippen molar-refractivity contribution in [3.63, 3.8) is 0 Å². The number of hydrogen-bond acceptors (Lipinski definition) is 4. The molecule has 2 aromatic rings. The monoisotopic (exact) mass is 259 g/mol. The molecular formula is C14H17N3O2. The zero-order valence-electron chi connectivity index (χ0n) is 11.3. The Balaban J connectivity index is 2.35. The van der Waals surface area contributed by atoms with E-state index in [0.29, 0.717) is 11.5 Å². The van der Waals surface area contributed by atoms with Gasteiger partial charge in [-0.2, -0.15) is 0 Å². The molecule has 1 aromatic carbocycles. The predicted molar refractivity (Wildman–Crippen MR) is 73.7 cm³/mol. The Bertz CT molecular complexity index is 597. The maximum Gasteiger partial charge on any atom is 0.420 e. The third-order valence-corrected chi connectivity index (χ3v) is 2.38. The van der Waals surface area contributed by atoms with E-state index in [-0.39, 0.29) is 0 Å². The van der Waals surface area contributed by atoms with Gasteiger partial charge in [0.25, 0.3) is 0 Å². The van der Waals surface area contributed by atoms with Crippen molar-refractivity contribution < 1.29 is 9.53 Å². The van der Waals surface area contributed by atoms with Crippen molar-refractivity contribution in [2.45, 2.75) is 26.4 Å². The molecule has 0 saturated carbocycles. The van der Waals surface area contributed by atoms with Crippen LogP contribution in [0, 0.1) is 0 Å². The van der Waals surface area contributed by atoms with E-state index in [0.717, 1.165) is 5.56 Å². The molecule has 2 N–H and O–H groups in total. The fraction of sp³-hybridized carbons (Fsp3) is 0.286. The summed E-state index contributed by atoms with van der Waals surface area (Å²) in [6, 6.07) is 7.21. The first-order valence-corrected chi connectivity index (χ1v) is 5.99. The van der Waals surface area contributed by atoms with Crippen molar-refractivity contribution in [1.29, 1.82) is 0 Å². The van der Waals surface area contributed by atoms with Crippen LogP contribution in [0.4, 0.5) is 10.5 Å². The number of carbonyl (C=O) groups is 1. The average molecular weight is 259 g/mol. The Kier molecular flexibility index (Phi) is 3.29. The van der Waals surface area contributed by atoms with Gasteiger partial charge in [-0.05, 0) is 32.9 Å². The zero-order valence-corrected chi connectivity index (χ0v) is 11.3. The molecule has 0 amide bonds. The number of benzene rings is 1. The van der Waals surface area contributed by atoms with Crippen LogP contribution in [-0.4, -0.2) is 21.2 Å². The normalized spacial score (nSPS) is 11.3. The molecule has 5 nitrogen and oxygen atoms in total. The van der Waals surface area contributed by atoms with Crippen LogP contribution in [-0.2, 0) is 4.74 Å². The second kappa shape index (κ2) is 4.76. The van der Waals surface area contributed by atoms with Crippen LogP contribution in [0.2, 0.25) is 0 Å². The fourth-order valence-electron chi connectivity index (χ4n) is 1.65. The Morgan fingerprint density at radius 2 is 2.11 bits per heavy atom. The number of nitrogens with zero attached hydrogens (tertiary/aromatic N) is 2. The molecule has 0 spiro atoms. The molecule has 0 aliphatic carbocycles. The first kappa shape index (κ1) is 13.1. The second-order valence-corrected chi connectivity index (χ2v) is 5.23. The molecule has 1 heterocycles. The third kappa shape index (κ3) is 3.13. The number of imidazole rings is 1. The molecule has 0 unspecified atom stereocenters. The van der Waals surface area contributed by atoms with E-state index in [1.54, 1.807) is 24.5 Å². The maximum atomic E-state index is 12.1. The van der Waals surface area contributed by atoms with Gasteiger partial charge in [-0.3, -0.25) is 0 Å². The van der Waals surface area contributed by atoms with Crippen LogP contribution in [0.5, 0.6) is 0 Å². The zero-order chi connectivity index (χ0) is 14.0. The van der Waals surface area contributed by atoms with E-state index in [1.165, 1.54) is 4.57 Å². The van der Waals surface area contributed by atoms with Gasteiger partial charge in [0.15, 0.2) is 0 Å². The van der Waals surface area contributed by atoms with E-state index < -0.39 is 11.7 Å². The van der Waals surface area contributed by atoms with Gasteiger partial charge in [-0.1, -0.05) is 12.1 Å². The first-order valence-electron chi connectivity index (χ1n) is 5.99. The van der Waals surface area contributed by atoms with Gasteiger partial charge in [0, 0.05) is 23.6 Å². The van der Waals surface area contributed by atoms with Crippen LogP contribution >= 0.6 is 0 Å². The summed E-state index contributed by atoms with van der Waals surface area (Å²) in [6.07, 6.45) is 2.68. The molecule has 0 aliphatic heterocycles. The summed E-state index contributed by atoms with van der Waals surface area (Å²) in [5.41, 5.74) is 6.59. The van der Waals surface area contributed by atoms with Crippen LogP contribution in [0.3, 0.4) is 0 Å². The Labute approximate surface area is 112 Å². The van der Waals surface area contributed by atoms with E-state index in [2.05, 4.69) is 4.98 Å². The summed E-state index contributed by atoms with van der Waals surface area (Å²) in [4.78, 5) is 16.3. The average Bonchev–Trinajstić information content (AvgIpc) is 2.75. The smallest absolute Gasteiger partial charge is 0.420 e. The van der Waals surface area contributed by atoms with Crippen molar-refractivity contribution in [3.8, 4) is 11.4 Å². The molecule has 0 aliphatic rings. The second-order valence-electron chi connectivity index (χ2n) is 5.23. The highest BCUT2D eigenvalue weighted by molar-refractivity contribution is 5.77. The van der Waals surface area contributed by atoms with Gasteiger partial charge in [0.05, 0.1) is 0 Å². The SMILES string of the molecule is CC(C)(C)OC(=O)n1ccnc1-c1cccc(N)c1. The molecular weight excluding hydrogens is 242 g/mol. The lowest BCUT2D eigenvalue weighted by atomic mass is 10.2. The molecule has 0 saturated heterocycles. The largest absolute Gasteiger partial charge is 0.443 e. The van der Waals surface area contributed by atoms with Crippen LogP contribution in [0.15, 0.2) is 36.7 Å². The van der Waals surface area contributed by atoms with Gasteiger partial charge in [-0.15, -0.1) is 0 Å². The Morgan fingerprint density at radius 1 is 1.37 bits per heavy atom. The summed E-state index contributed by atoms with van der Waals surface area (Å²) in [5, 5.41) is 0. The minimum Gasteiger partial charge on any atom is -0.443 e. The van der Waals surface area contributed by atoms with E-state index in [1.807, 2.05) is 32.9 Å². The first-order chi connectivity index (χ1) is 8.87. The van der Waals surface area contributed by atoms with Gasteiger partial charge < -0.3 is 10.5 Å². The summed E-state index contributed by atoms with van der Waals surface area (Å²) in [6.45, 7) is 5.46. The topological polar surface area (TPSA) is 70.1 Å². The molecule has 19 heavy (non-hydrogen) atoms. The van der Waals surface area contributed by atoms with Crippen molar-refractivity contribution in [1.82, 2.24) is 9.55 Å². The summed E-state index contributed by atoms with van der Waals surface area (Å²) in [5.74, 6) is 0.515. The van der Waals surface area contributed by atoms with Crippen LogP contribution < -0.4 is 5.73 Å². The highest BCUT2D eigenvalue weighted by atomic mass is 16.6. The highest BCUT2D eigenvalue weighted by Crippen LogP contribution is 2.21. The predicted octanol–water partition coefficient (Wildman–Crippen LogP) is 2.92. The van der Waals surface area contributed by atoms with Crippen molar-refractivity contribution in [2.24, 2.45) is 0 Å². The summed E-state index contributed by atoms with van der Waals surface area (Å²) in [7, 11) is 0. The summed E-state index contributed by atoms with van der Waals surface area (Å²) < 4.78 is 6.70. The molecule has 0 atom stereocenters. The lowest BCUT2D eigenvalue weighted by molar-refractivity contribution is 0.0539. The molecule has 1 aromatic heterocycles. The lowest BCUT2D eigenvalue weighted by Crippen LogP contribution is -2.27. The Hall–Kier alpha value is -2.30. The number of nitrogen functional groups attached to an aromatic ring is 1. The summed E-state index contributed by atoms with van der Waals surface area (Å²) >= 11 is 0. The number of anilines is 1. The fourth-order valence-corrected chi connectivity index (χ4v) is 1.65. The number of carbonyl (C=O) groups excluding carboxylic acids is 1. The number of hydrogen-bond donors (Lipinski definition) is 1. The van der Waals surface area contributed by atoms with E-state index >= 15 is 0 Å². The number of rotatable bonds is 1. The Morgan fingerprint density at radius 3 is 2.74 bits per heavy atom. The third-order valence-electron chi connectivity index (χ3n) is 2.38. The maximum absolute atomic E-state index is 12.1. The van der Waals surface area contributed by atoms with Crippen LogP contribution in [0.1, 0.15) is 20.8 Å². The number of aromatic nitrogens is 2. The number of ether oxygens (including phenoxy) is 1. The molecule has 0 fully saturated rings. The molecule has 2 rings (SSSR count). The van der Waals surface area contributed by atoms with E-state index in [9.17, 15) is 4.79 Å². The van der Waals surface area contributed by atoms with Gasteiger partial charge in [0.2, 0.25) is 0 Å². The molecule has 5 heteroatoms. The lowest BCUT2D eigenvalue weighted by Gasteiger charge is -2.20. The van der Waals surface area contributed by atoms with E-state index in [4.69, 9.17) is 10.5 Å².